The SMILES string of the molecule is COc1ccc(C(=O)C(=O)/C(=N/Nc2ccc(C)cc2)[P+](c2ccccc2)(c2ccccc2)c2ccccc2)cc1.[Br-]. The number of hydrazone groups is 1. The first kappa shape index (κ1) is 30.6. The Morgan fingerprint density at radius 3 is 1.52 bits per heavy atom. The van der Waals surface area contributed by atoms with Crippen LogP contribution in [0.2, 0.25) is 0 Å². The first-order valence-electron chi connectivity index (χ1n) is 13.2. The molecule has 0 bridgehead atoms. The molecule has 7 heteroatoms. The summed E-state index contributed by atoms with van der Waals surface area (Å²) in [7, 11) is -1.41. The third kappa shape index (κ3) is 6.25. The topological polar surface area (TPSA) is 67.8 Å². The molecule has 5 nitrogen and oxygen atoms in total. The number of hydrogen-bond acceptors (Lipinski definition) is 5. The molecule has 1 N–H and O–H groups in total. The molecule has 5 aromatic rings. The normalized spacial score (nSPS) is 11.2. The van der Waals surface area contributed by atoms with E-state index in [1.807, 2.05) is 122 Å². The second-order valence-electron chi connectivity index (χ2n) is 9.48. The quantitative estimate of drug-likeness (QED) is 0.0841. The summed E-state index contributed by atoms with van der Waals surface area (Å²) in [6.07, 6.45) is 0. The molecule has 0 unspecified atom stereocenters. The van der Waals surface area contributed by atoms with Crippen molar-refractivity contribution in [1.82, 2.24) is 0 Å². The number of anilines is 1. The van der Waals surface area contributed by atoms with Gasteiger partial charge in [0.25, 0.3) is 11.2 Å². The van der Waals surface area contributed by atoms with E-state index in [1.54, 1.807) is 31.4 Å². The average molecular weight is 638 g/mol. The van der Waals surface area contributed by atoms with Crippen molar-refractivity contribution in [3.05, 3.63) is 151 Å². The molecule has 0 saturated heterocycles. The summed E-state index contributed by atoms with van der Waals surface area (Å²) in [5.74, 6) is -0.701. The molecule has 42 heavy (non-hydrogen) atoms. The molecule has 0 saturated carbocycles. The lowest BCUT2D eigenvalue weighted by molar-refractivity contribution is -0.109. The lowest BCUT2D eigenvalue weighted by Gasteiger charge is -2.27. The monoisotopic (exact) mass is 636 g/mol. The maximum atomic E-state index is 14.5. The van der Waals surface area contributed by atoms with Crippen LogP contribution in [-0.2, 0) is 4.79 Å². The fraction of sp³-hybridized carbons (Fsp3) is 0.0571. The zero-order valence-electron chi connectivity index (χ0n) is 23.3. The summed E-state index contributed by atoms with van der Waals surface area (Å²) in [4.78, 5) is 28.4. The number of carbonyl (C=O) groups excluding carboxylic acids is 2. The van der Waals surface area contributed by atoms with Crippen LogP contribution < -0.4 is 43.1 Å². The van der Waals surface area contributed by atoms with Crippen molar-refractivity contribution in [2.24, 2.45) is 5.10 Å². The summed E-state index contributed by atoms with van der Waals surface area (Å²) in [5, 5.41) is 7.57. The van der Waals surface area contributed by atoms with Crippen molar-refractivity contribution in [3.63, 3.8) is 0 Å². The highest BCUT2D eigenvalue weighted by atomic mass is 79.9. The van der Waals surface area contributed by atoms with Gasteiger partial charge >= 0.3 is 0 Å². The van der Waals surface area contributed by atoms with Gasteiger partial charge in [-0.1, -0.05) is 72.3 Å². The highest BCUT2D eigenvalue weighted by Gasteiger charge is 2.55. The van der Waals surface area contributed by atoms with Gasteiger partial charge in [-0.2, -0.15) is 0 Å². The summed E-state index contributed by atoms with van der Waals surface area (Å²) < 4.78 is 5.26. The Morgan fingerprint density at radius 2 is 1.10 bits per heavy atom. The number of nitrogens with zero attached hydrogens (tertiary/aromatic N) is 1. The van der Waals surface area contributed by atoms with Gasteiger partial charge in [-0.05, 0) is 79.7 Å². The van der Waals surface area contributed by atoms with E-state index in [4.69, 9.17) is 9.84 Å². The number of benzene rings is 5. The first-order valence-corrected chi connectivity index (χ1v) is 15.0. The molecule has 210 valence electrons. The van der Waals surface area contributed by atoms with E-state index in [1.165, 1.54) is 0 Å². The number of ketones is 2. The highest BCUT2D eigenvalue weighted by Crippen LogP contribution is 2.57. The van der Waals surface area contributed by atoms with E-state index in [0.29, 0.717) is 11.4 Å². The second kappa shape index (κ2) is 14.0. The predicted molar refractivity (Wildman–Crippen MR) is 170 cm³/mol. The minimum atomic E-state index is -2.96. The van der Waals surface area contributed by atoms with Gasteiger partial charge in [0.2, 0.25) is 5.78 Å². The molecule has 0 heterocycles. The Morgan fingerprint density at radius 1 is 0.643 bits per heavy atom. The molecule has 5 aromatic carbocycles. The van der Waals surface area contributed by atoms with E-state index in [0.717, 1.165) is 21.5 Å². The second-order valence-corrected chi connectivity index (χ2v) is 12.8. The van der Waals surface area contributed by atoms with E-state index < -0.39 is 18.8 Å². The van der Waals surface area contributed by atoms with Gasteiger partial charge in [-0.15, -0.1) is 5.10 Å². The van der Waals surface area contributed by atoms with Crippen LogP contribution in [0.25, 0.3) is 0 Å². The first-order chi connectivity index (χ1) is 20.0. The number of nitrogens with one attached hydrogen (secondary N) is 1. The maximum Gasteiger partial charge on any atom is 0.290 e. The third-order valence-electron chi connectivity index (χ3n) is 6.85. The van der Waals surface area contributed by atoms with Crippen molar-refractivity contribution in [3.8, 4) is 5.75 Å². The molecule has 0 fully saturated rings. The molecule has 0 amide bonds. The summed E-state index contributed by atoms with van der Waals surface area (Å²) in [6, 6.07) is 44.0. The molecule has 0 aromatic heterocycles. The smallest absolute Gasteiger partial charge is 0.290 e. The lowest BCUT2D eigenvalue weighted by atomic mass is 10.1. The maximum absolute atomic E-state index is 14.5. The predicted octanol–water partition coefficient (Wildman–Crippen LogP) is 3.18. The summed E-state index contributed by atoms with van der Waals surface area (Å²) in [6.45, 7) is 2.01. The number of carbonyl (C=O) groups is 2. The number of ether oxygens (including phenoxy) is 1. The van der Waals surface area contributed by atoms with E-state index in [-0.39, 0.29) is 28.0 Å². The number of aryl methyl sites for hydroxylation is 1. The van der Waals surface area contributed by atoms with E-state index >= 15 is 0 Å². The van der Waals surface area contributed by atoms with Crippen LogP contribution in [0.5, 0.6) is 5.75 Å². The zero-order valence-corrected chi connectivity index (χ0v) is 25.8. The standard InChI is InChI=1S/C35H29N2O3P.BrH/c1-26-18-22-28(23-19-26)36-37-35(34(39)33(38)27-20-24-29(40-2)25-21-27)41(30-12-6-3-7-13-30,31-14-8-4-9-15-31)32-16-10-5-11-17-32;/h3-25H,1-2H3;1H. The molecule has 0 aliphatic carbocycles. The van der Waals surface area contributed by atoms with E-state index in [2.05, 4.69) is 5.43 Å². The molecule has 5 rings (SSSR count). The number of rotatable bonds is 10. The van der Waals surface area contributed by atoms with Crippen molar-refractivity contribution >= 4 is 45.9 Å². The van der Waals surface area contributed by atoms with Gasteiger partial charge < -0.3 is 21.7 Å². The van der Waals surface area contributed by atoms with Crippen LogP contribution in [0.4, 0.5) is 5.69 Å². The van der Waals surface area contributed by atoms with Gasteiger partial charge in [-0.25, -0.2) is 0 Å². The van der Waals surface area contributed by atoms with Crippen LogP contribution in [0.1, 0.15) is 15.9 Å². The number of hydrogen-bond donors (Lipinski definition) is 1. The van der Waals surface area contributed by atoms with Crippen molar-refractivity contribution < 1.29 is 31.3 Å². The molecule has 0 aliphatic rings. The van der Waals surface area contributed by atoms with Gasteiger partial charge in [0, 0.05) is 5.56 Å². The molecule has 0 radical (unpaired) electrons. The van der Waals surface area contributed by atoms with Gasteiger partial charge in [0.05, 0.1) is 12.8 Å². The van der Waals surface area contributed by atoms with Crippen molar-refractivity contribution in [2.75, 3.05) is 12.5 Å². The average Bonchev–Trinajstić information content (AvgIpc) is 3.04. The molecular weight excluding hydrogens is 607 g/mol. The van der Waals surface area contributed by atoms with Gasteiger partial charge in [0.1, 0.15) is 21.7 Å². The van der Waals surface area contributed by atoms with Crippen LogP contribution in [0.15, 0.2) is 145 Å². The fourth-order valence-electron chi connectivity index (χ4n) is 4.77. The zero-order chi connectivity index (χ0) is 28.7. The Bertz CT molecular complexity index is 1560. The van der Waals surface area contributed by atoms with Crippen LogP contribution in [-0.4, -0.2) is 24.1 Å². The van der Waals surface area contributed by atoms with E-state index in [9.17, 15) is 9.59 Å². The number of Topliss-reactive ketones (excluding diaryl/α,β-unsaturated/α-hetero) is 2. The fourth-order valence-corrected chi connectivity index (χ4v) is 8.86. The Kier molecular flexibility index (Phi) is 10.2. The number of halogens is 1. The van der Waals surface area contributed by atoms with Crippen LogP contribution in [0, 0.1) is 6.92 Å². The van der Waals surface area contributed by atoms with Crippen LogP contribution >= 0.6 is 7.26 Å². The molecule has 0 spiro atoms. The van der Waals surface area contributed by atoms with Gasteiger partial charge in [0.15, 0.2) is 7.26 Å². The minimum Gasteiger partial charge on any atom is -1.00 e. The Labute approximate surface area is 257 Å². The van der Waals surface area contributed by atoms with Crippen molar-refractivity contribution in [2.45, 2.75) is 6.92 Å². The largest absolute Gasteiger partial charge is 1.00 e. The Hall–Kier alpha value is -4.38. The Balaban J connectivity index is 0.00000405. The third-order valence-corrected chi connectivity index (χ3v) is 11.0. The summed E-state index contributed by atoms with van der Waals surface area (Å²) in [5.41, 5.74) is 5.37. The molecule has 0 aliphatic heterocycles. The van der Waals surface area contributed by atoms with Gasteiger partial charge in [-0.3, -0.25) is 15.0 Å². The summed E-state index contributed by atoms with van der Waals surface area (Å²) >= 11 is 0. The highest BCUT2D eigenvalue weighted by molar-refractivity contribution is 8.10. The molecular formula is C35H30BrN2O3P. The van der Waals surface area contributed by atoms with Crippen molar-refractivity contribution in [1.29, 1.82) is 0 Å². The number of methoxy groups -OCH3 is 1. The lowest BCUT2D eigenvalue weighted by Crippen LogP contribution is -3.00. The molecule has 0 atom stereocenters. The minimum absolute atomic E-state index is 0. The van der Waals surface area contributed by atoms with Crippen LogP contribution in [0.3, 0.4) is 0 Å².